The second-order valence-corrected chi connectivity index (χ2v) is 13.0. The van der Waals surface area contributed by atoms with Crippen molar-refractivity contribution in [2.75, 3.05) is 13.1 Å². The van der Waals surface area contributed by atoms with Crippen LogP contribution in [0.25, 0.3) is 0 Å². The van der Waals surface area contributed by atoms with Gasteiger partial charge in [0.25, 0.3) is 0 Å². The molecule has 12 atom stereocenters. The molecule has 2 saturated heterocycles. The summed E-state index contributed by atoms with van der Waals surface area (Å²) in [4.78, 5) is 15.1. The van der Waals surface area contributed by atoms with Gasteiger partial charge in [0.2, 0.25) is 0 Å². The zero-order valence-corrected chi connectivity index (χ0v) is 19.4. The summed E-state index contributed by atoms with van der Waals surface area (Å²) in [5.41, 5.74) is 0.200. The first-order chi connectivity index (χ1) is 14.4. The quantitative estimate of drug-likeness (QED) is 0.622. The monoisotopic (exact) mass is 413 g/mol. The SMILES string of the molecule is CC1CCC2C(C)C3CCC4C(CC5C4CC(O)C4CC(=O)CCC45C)C3CN2C1. The van der Waals surface area contributed by atoms with Gasteiger partial charge in [-0.05, 0) is 104 Å². The Morgan fingerprint density at radius 3 is 2.53 bits per heavy atom. The molecule has 4 saturated carbocycles. The molecule has 12 unspecified atom stereocenters. The van der Waals surface area contributed by atoms with Crippen LogP contribution in [0.4, 0.5) is 0 Å². The third-order valence-corrected chi connectivity index (χ3v) is 11.8. The number of rotatable bonds is 0. The van der Waals surface area contributed by atoms with Gasteiger partial charge in [0, 0.05) is 32.0 Å². The number of hydrogen-bond donors (Lipinski definition) is 1. The number of hydrogen-bond acceptors (Lipinski definition) is 3. The molecule has 0 radical (unpaired) electrons. The number of aliphatic hydroxyl groups is 1. The van der Waals surface area contributed by atoms with Crippen LogP contribution in [0.5, 0.6) is 0 Å². The van der Waals surface area contributed by atoms with E-state index in [0.717, 1.165) is 66.7 Å². The third kappa shape index (κ3) is 2.79. The Hall–Kier alpha value is -0.410. The van der Waals surface area contributed by atoms with Gasteiger partial charge < -0.3 is 5.11 Å². The molecule has 2 heterocycles. The van der Waals surface area contributed by atoms with Crippen molar-refractivity contribution in [1.82, 2.24) is 4.90 Å². The molecule has 4 aliphatic carbocycles. The Balaban J connectivity index is 1.28. The van der Waals surface area contributed by atoms with E-state index in [4.69, 9.17) is 0 Å². The van der Waals surface area contributed by atoms with Crippen LogP contribution in [-0.2, 0) is 4.79 Å². The summed E-state index contributed by atoms with van der Waals surface area (Å²) in [7, 11) is 0. The zero-order chi connectivity index (χ0) is 20.8. The van der Waals surface area contributed by atoms with Crippen LogP contribution in [0, 0.1) is 58.7 Å². The van der Waals surface area contributed by atoms with Gasteiger partial charge in [0.05, 0.1) is 6.10 Å². The fourth-order valence-corrected chi connectivity index (χ4v) is 10.4. The number of carbonyl (C=O) groups excluding carboxylic acids is 1. The number of carbonyl (C=O) groups is 1. The highest BCUT2D eigenvalue weighted by Crippen LogP contribution is 2.66. The van der Waals surface area contributed by atoms with Gasteiger partial charge >= 0.3 is 0 Å². The minimum absolute atomic E-state index is 0.200. The minimum atomic E-state index is -0.241. The van der Waals surface area contributed by atoms with Gasteiger partial charge in [-0.25, -0.2) is 0 Å². The molecule has 0 aromatic heterocycles. The maximum atomic E-state index is 12.2. The van der Waals surface area contributed by atoms with E-state index in [1.807, 2.05) is 0 Å². The van der Waals surface area contributed by atoms with Gasteiger partial charge in [-0.1, -0.05) is 20.8 Å². The lowest BCUT2D eigenvalue weighted by molar-refractivity contribution is -0.142. The van der Waals surface area contributed by atoms with E-state index in [0.29, 0.717) is 18.1 Å². The van der Waals surface area contributed by atoms with Gasteiger partial charge in [0.15, 0.2) is 0 Å². The van der Waals surface area contributed by atoms with Gasteiger partial charge in [-0.15, -0.1) is 0 Å². The highest BCUT2D eigenvalue weighted by molar-refractivity contribution is 5.79. The van der Waals surface area contributed by atoms with E-state index in [2.05, 4.69) is 25.7 Å². The first kappa shape index (κ1) is 20.2. The van der Waals surface area contributed by atoms with Crippen molar-refractivity contribution < 1.29 is 9.90 Å². The largest absolute Gasteiger partial charge is 0.393 e. The number of ketones is 1. The highest BCUT2D eigenvalue weighted by atomic mass is 16.3. The van der Waals surface area contributed by atoms with Crippen molar-refractivity contribution >= 4 is 5.78 Å². The molecule has 3 nitrogen and oxygen atoms in total. The normalized spacial score (nSPS) is 58.3. The third-order valence-electron chi connectivity index (χ3n) is 11.8. The summed E-state index contributed by atoms with van der Waals surface area (Å²) in [5, 5.41) is 11.1. The number of nitrogens with zero attached hydrogens (tertiary/aromatic N) is 1. The molecule has 30 heavy (non-hydrogen) atoms. The summed E-state index contributed by atoms with van der Waals surface area (Å²) < 4.78 is 0. The maximum Gasteiger partial charge on any atom is 0.133 e. The molecule has 2 aliphatic heterocycles. The molecule has 0 aromatic rings. The zero-order valence-electron chi connectivity index (χ0n) is 19.4. The Kier molecular flexibility index (Phi) is 4.75. The second-order valence-electron chi connectivity index (χ2n) is 13.0. The average Bonchev–Trinajstić information content (AvgIpc) is 3.09. The van der Waals surface area contributed by atoms with Crippen molar-refractivity contribution in [1.29, 1.82) is 0 Å². The lowest BCUT2D eigenvalue weighted by Crippen LogP contribution is -2.58. The molecule has 1 N–H and O–H groups in total. The molecular formula is C27H43NO2. The van der Waals surface area contributed by atoms with Crippen LogP contribution in [0.15, 0.2) is 0 Å². The van der Waals surface area contributed by atoms with Gasteiger partial charge in [0.1, 0.15) is 5.78 Å². The summed E-state index contributed by atoms with van der Waals surface area (Å²) in [5.74, 6) is 7.36. The molecule has 168 valence electrons. The topological polar surface area (TPSA) is 40.5 Å². The standard InChI is InChI=1S/C27H43NO2/c1-15-4-7-25-16(2)18-5-6-19-20(22(18)14-28(25)13-15)11-23-21(19)12-26(30)24-10-17(29)8-9-27(23,24)3/h15-16,18-26,30H,4-14H2,1-3H3. The molecule has 3 heteroatoms. The van der Waals surface area contributed by atoms with Crippen LogP contribution in [0.2, 0.25) is 0 Å². The number of fused-ring (bicyclic) bond motifs is 8. The minimum Gasteiger partial charge on any atom is -0.393 e. The molecule has 6 rings (SSSR count). The van der Waals surface area contributed by atoms with Crippen molar-refractivity contribution in [3.05, 3.63) is 0 Å². The summed E-state index contributed by atoms with van der Waals surface area (Å²) >= 11 is 0. The maximum absolute atomic E-state index is 12.2. The van der Waals surface area contributed by atoms with Crippen molar-refractivity contribution in [3.8, 4) is 0 Å². The molecule has 0 amide bonds. The van der Waals surface area contributed by atoms with E-state index in [1.54, 1.807) is 0 Å². The average molecular weight is 414 g/mol. The fraction of sp³-hybridized carbons (Fsp3) is 0.963. The van der Waals surface area contributed by atoms with Crippen LogP contribution in [0.1, 0.15) is 78.6 Å². The van der Waals surface area contributed by atoms with Crippen LogP contribution >= 0.6 is 0 Å². The summed E-state index contributed by atoms with van der Waals surface area (Å²) in [6.07, 6.45) is 10.3. The molecule has 0 aromatic carbocycles. The van der Waals surface area contributed by atoms with E-state index < -0.39 is 0 Å². The van der Waals surface area contributed by atoms with Gasteiger partial charge in [-0.2, -0.15) is 0 Å². The van der Waals surface area contributed by atoms with Gasteiger partial charge in [-0.3, -0.25) is 9.69 Å². The Morgan fingerprint density at radius 2 is 1.70 bits per heavy atom. The lowest BCUT2D eigenvalue weighted by atomic mass is 9.51. The number of Topliss-reactive ketones (excluding diaryl/α,β-unsaturated/α-hetero) is 1. The number of piperidine rings is 2. The molecule has 6 fully saturated rings. The highest BCUT2D eigenvalue weighted by Gasteiger charge is 2.62. The van der Waals surface area contributed by atoms with E-state index in [1.165, 1.54) is 45.2 Å². The summed E-state index contributed by atoms with van der Waals surface area (Å²) in [6.45, 7) is 10.2. The first-order valence-corrected chi connectivity index (χ1v) is 13.3. The molecule has 0 spiro atoms. The molecule has 6 aliphatic rings. The van der Waals surface area contributed by atoms with Crippen molar-refractivity contribution in [2.24, 2.45) is 58.7 Å². The second kappa shape index (κ2) is 7.04. The Labute approximate surface area is 183 Å². The van der Waals surface area contributed by atoms with Crippen LogP contribution in [0.3, 0.4) is 0 Å². The first-order valence-electron chi connectivity index (χ1n) is 13.3. The fourth-order valence-electron chi connectivity index (χ4n) is 10.4. The van der Waals surface area contributed by atoms with Crippen molar-refractivity contribution in [2.45, 2.75) is 90.7 Å². The lowest BCUT2D eigenvalue weighted by Gasteiger charge is -2.56. The van der Waals surface area contributed by atoms with Crippen molar-refractivity contribution in [3.63, 3.8) is 0 Å². The van der Waals surface area contributed by atoms with Crippen LogP contribution in [-0.4, -0.2) is 41.0 Å². The van der Waals surface area contributed by atoms with E-state index in [9.17, 15) is 9.90 Å². The summed E-state index contributed by atoms with van der Waals surface area (Å²) in [6, 6.07) is 0.843. The predicted molar refractivity (Wildman–Crippen MR) is 119 cm³/mol. The molecular weight excluding hydrogens is 370 g/mol. The van der Waals surface area contributed by atoms with Crippen LogP contribution < -0.4 is 0 Å². The Morgan fingerprint density at radius 1 is 0.900 bits per heavy atom. The number of aliphatic hydroxyl groups excluding tert-OH is 1. The smallest absolute Gasteiger partial charge is 0.133 e. The predicted octanol–water partition coefficient (Wildman–Crippen LogP) is 4.77. The van der Waals surface area contributed by atoms with E-state index >= 15 is 0 Å². The van der Waals surface area contributed by atoms with E-state index in [-0.39, 0.29) is 17.4 Å². The Bertz CT molecular complexity index is 705. The molecule has 0 bridgehead atoms.